The number of likely N-dealkylation sites (tertiary alicyclic amines) is 1. The Bertz CT molecular complexity index is 391. The zero-order valence-corrected chi connectivity index (χ0v) is 11.5. The highest BCUT2D eigenvalue weighted by atomic mass is 16.4. The maximum Gasteiger partial charge on any atom is 0.236 e. The van der Waals surface area contributed by atoms with Crippen LogP contribution in [0.4, 0.5) is 0 Å². The van der Waals surface area contributed by atoms with Gasteiger partial charge in [0.2, 0.25) is 5.91 Å². The summed E-state index contributed by atoms with van der Waals surface area (Å²) in [5.74, 6) is 0.601. The molecule has 2 aliphatic rings. The Morgan fingerprint density at radius 1 is 1.47 bits per heavy atom. The zero-order chi connectivity index (χ0) is 14.2. The van der Waals surface area contributed by atoms with Crippen molar-refractivity contribution < 1.29 is 15.1 Å². The summed E-state index contributed by atoms with van der Waals surface area (Å²) < 4.78 is 0. The highest BCUT2D eigenvalue weighted by molar-refractivity contribution is 6.07. The Kier molecular flexibility index (Phi) is 3.71. The minimum atomic E-state index is -0.856. The van der Waals surface area contributed by atoms with Gasteiger partial charge in [-0.25, -0.2) is 0 Å². The third-order valence-electron chi connectivity index (χ3n) is 4.73. The molecule has 19 heavy (non-hydrogen) atoms. The first-order valence-corrected chi connectivity index (χ1v) is 6.86. The van der Waals surface area contributed by atoms with E-state index in [1.165, 1.54) is 0 Å². The van der Waals surface area contributed by atoms with E-state index in [-0.39, 0.29) is 30.3 Å². The number of hydrogen-bond donors (Lipinski definition) is 3. The van der Waals surface area contributed by atoms with Gasteiger partial charge in [-0.2, -0.15) is 0 Å². The maximum atomic E-state index is 12.8. The first kappa shape index (κ1) is 14.1. The van der Waals surface area contributed by atoms with Crippen molar-refractivity contribution in [3.63, 3.8) is 0 Å². The first-order chi connectivity index (χ1) is 8.96. The number of nitrogens with zero attached hydrogens (tertiary/aromatic N) is 2. The number of aliphatic hydroxyl groups excluding tert-OH is 1. The van der Waals surface area contributed by atoms with Crippen LogP contribution in [0, 0.1) is 17.3 Å². The quantitative estimate of drug-likeness (QED) is 0.298. The van der Waals surface area contributed by atoms with Crippen LogP contribution in [0.15, 0.2) is 5.16 Å². The molecular formula is C13H23N3O3. The predicted molar refractivity (Wildman–Crippen MR) is 70.6 cm³/mol. The molecule has 2 rings (SSSR count). The van der Waals surface area contributed by atoms with Gasteiger partial charge >= 0.3 is 0 Å². The molecule has 6 heteroatoms. The van der Waals surface area contributed by atoms with Crippen LogP contribution in [0.5, 0.6) is 0 Å². The van der Waals surface area contributed by atoms with Gasteiger partial charge < -0.3 is 20.9 Å². The average Bonchev–Trinajstić information content (AvgIpc) is 2.73. The van der Waals surface area contributed by atoms with E-state index in [9.17, 15) is 9.90 Å². The minimum Gasteiger partial charge on any atom is -0.409 e. The van der Waals surface area contributed by atoms with Crippen LogP contribution in [-0.2, 0) is 4.79 Å². The summed E-state index contributed by atoms with van der Waals surface area (Å²) in [4.78, 5) is 14.5. The van der Waals surface area contributed by atoms with E-state index in [1.807, 2.05) is 13.8 Å². The number of amidine groups is 1. The van der Waals surface area contributed by atoms with E-state index in [0.717, 1.165) is 6.42 Å². The molecule has 1 aliphatic carbocycles. The summed E-state index contributed by atoms with van der Waals surface area (Å²) in [6, 6.07) is -0.147. The summed E-state index contributed by atoms with van der Waals surface area (Å²) in [5.41, 5.74) is 4.90. The molecule has 4 N–H and O–H groups in total. The third-order valence-corrected chi connectivity index (χ3v) is 4.73. The Morgan fingerprint density at radius 2 is 2.11 bits per heavy atom. The summed E-state index contributed by atoms with van der Waals surface area (Å²) >= 11 is 0. The SMILES string of the molecule is CC1CC(C(=O)N2CCC(C)C2CO)(C(N)=NO)C1. The van der Waals surface area contributed by atoms with Crippen molar-refractivity contribution in [1.29, 1.82) is 0 Å². The fourth-order valence-electron chi connectivity index (χ4n) is 3.53. The van der Waals surface area contributed by atoms with E-state index in [0.29, 0.717) is 25.3 Å². The second kappa shape index (κ2) is 5.00. The van der Waals surface area contributed by atoms with Crippen molar-refractivity contribution in [2.45, 2.75) is 39.2 Å². The lowest BCUT2D eigenvalue weighted by Gasteiger charge is -2.46. The standard InChI is InChI=1S/C13H23N3O3/c1-8-5-13(6-8,11(14)15-19)12(18)16-4-3-9(2)10(16)7-17/h8-10,17,19H,3-7H2,1-2H3,(H2,14,15). The van der Waals surface area contributed by atoms with Crippen LogP contribution in [-0.4, -0.2) is 46.1 Å². The second-order valence-electron chi connectivity index (χ2n) is 6.10. The lowest BCUT2D eigenvalue weighted by molar-refractivity contribution is -0.146. The lowest BCUT2D eigenvalue weighted by atomic mass is 9.61. The molecule has 2 unspecified atom stereocenters. The number of amides is 1. The Morgan fingerprint density at radius 3 is 2.58 bits per heavy atom. The molecule has 0 aromatic rings. The average molecular weight is 269 g/mol. The van der Waals surface area contributed by atoms with Crippen molar-refractivity contribution in [3.8, 4) is 0 Å². The molecule has 0 spiro atoms. The van der Waals surface area contributed by atoms with Crippen LogP contribution < -0.4 is 5.73 Å². The fourth-order valence-corrected chi connectivity index (χ4v) is 3.53. The Labute approximate surface area is 113 Å². The van der Waals surface area contributed by atoms with Crippen molar-refractivity contribution in [2.75, 3.05) is 13.2 Å². The number of hydrogen-bond acceptors (Lipinski definition) is 4. The number of carbonyl (C=O) groups excluding carboxylic acids is 1. The lowest BCUT2D eigenvalue weighted by Crippen LogP contribution is -2.59. The molecule has 1 saturated heterocycles. The molecule has 0 radical (unpaired) electrons. The molecule has 0 bridgehead atoms. The van der Waals surface area contributed by atoms with Crippen molar-refractivity contribution in [3.05, 3.63) is 0 Å². The van der Waals surface area contributed by atoms with Crippen LogP contribution >= 0.6 is 0 Å². The summed E-state index contributed by atoms with van der Waals surface area (Å²) in [6.45, 7) is 4.69. The van der Waals surface area contributed by atoms with Gasteiger partial charge in [-0.05, 0) is 31.1 Å². The molecule has 2 atom stereocenters. The van der Waals surface area contributed by atoms with Gasteiger partial charge in [-0.3, -0.25) is 4.79 Å². The van der Waals surface area contributed by atoms with Crippen LogP contribution in [0.1, 0.15) is 33.1 Å². The third kappa shape index (κ3) is 2.08. The minimum absolute atomic E-state index is 0.00634. The van der Waals surface area contributed by atoms with Gasteiger partial charge in [0.15, 0.2) is 5.84 Å². The number of nitrogens with two attached hydrogens (primary N) is 1. The highest BCUT2D eigenvalue weighted by Gasteiger charge is 2.55. The number of rotatable bonds is 3. The Balaban J connectivity index is 2.22. The molecule has 1 amide bonds. The van der Waals surface area contributed by atoms with Gasteiger partial charge in [0.1, 0.15) is 5.41 Å². The van der Waals surface area contributed by atoms with Crippen molar-refractivity contribution in [2.24, 2.45) is 28.1 Å². The molecule has 108 valence electrons. The van der Waals surface area contributed by atoms with E-state index in [2.05, 4.69) is 5.16 Å². The number of aliphatic hydroxyl groups is 1. The predicted octanol–water partition coefficient (Wildman–Crippen LogP) is 0.378. The van der Waals surface area contributed by atoms with Gasteiger partial charge in [0, 0.05) is 6.54 Å². The Hall–Kier alpha value is -1.30. The largest absolute Gasteiger partial charge is 0.409 e. The van der Waals surface area contributed by atoms with E-state index >= 15 is 0 Å². The molecule has 2 fully saturated rings. The number of oxime groups is 1. The molecular weight excluding hydrogens is 246 g/mol. The molecule has 1 aliphatic heterocycles. The van der Waals surface area contributed by atoms with E-state index < -0.39 is 5.41 Å². The fraction of sp³-hybridized carbons (Fsp3) is 0.846. The zero-order valence-electron chi connectivity index (χ0n) is 11.5. The van der Waals surface area contributed by atoms with Gasteiger partial charge in [-0.15, -0.1) is 0 Å². The van der Waals surface area contributed by atoms with Gasteiger partial charge in [0.05, 0.1) is 12.6 Å². The summed E-state index contributed by atoms with van der Waals surface area (Å²) in [7, 11) is 0. The molecule has 0 aromatic carbocycles. The molecule has 1 heterocycles. The molecule has 1 saturated carbocycles. The van der Waals surface area contributed by atoms with Crippen molar-refractivity contribution in [1.82, 2.24) is 4.90 Å². The maximum absolute atomic E-state index is 12.8. The van der Waals surface area contributed by atoms with Crippen molar-refractivity contribution >= 4 is 11.7 Å². The highest BCUT2D eigenvalue weighted by Crippen LogP contribution is 2.48. The van der Waals surface area contributed by atoms with Gasteiger partial charge in [0.25, 0.3) is 0 Å². The van der Waals surface area contributed by atoms with E-state index in [4.69, 9.17) is 10.9 Å². The topological polar surface area (TPSA) is 99.2 Å². The van der Waals surface area contributed by atoms with Crippen LogP contribution in [0.25, 0.3) is 0 Å². The molecule has 0 aromatic heterocycles. The summed E-state index contributed by atoms with van der Waals surface area (Å²) in [5, 5.41) is 21.5. The van der Waals surface area contributed by atoms with Crippen LogP contribution in [0.2, 0.25) is 0 Å². The summed E-state index contributed by atoms with van der Waals surface area (Å²) in [6.07, 6.45) is 2.12. The molecule has 6 nitrogen and oxygen atoms in total. The number of carbonyl (C=O) groups is 1. The normalized spacial score (nSPS) is 39.2. The van der Waals surface area contributed by atoms with Crippen LogP contribution in [0.3, 0.4) is 0 Å². The van der Waals surface area contributed by atoms with Gasteiger partial charge in [-0.1, -0.05) is 19.0 Å². The smallest absolute Gasteiger partial charge is 0.236 e. The first-order valence-electron chi connectivity index (χ1n) is 6.86. The second-order valence-corrected chi connectivity index (χ2v) is 6.10. The monoisotopic (exact) mass is 269 g/mol. The van der Waals surface area contributed by atoms with E-state index in [1.54, 1.807) is 4.90 Å².